The van der Waals surface area contributed by atoms with Gasteiger partial charge in [-0.25, -0.2) is 4.68 Å². The van der Waals surface area contributed by atoms with E-state index in [1.807, 2.05) is 0 Å². The molecule has 0 spiro atoms. The third-order valence-electron chi connectivity index (χ3n) is 3.06. The molecule has 9 heteroatoms. The number of hydrogen-bond donors (Lipinski definition) is 2. The number of aromatic nitrogens is 3. The normalized spacial score (nSPS) is 16.5. The Labute approximate surface area is 113 Å². The first kappa shape index (κ1) is 13.7. The number of carboxylic acid groups (broad SMARTS) is 1. The van der Waals surface area contributed by atoms with Crippen LogP contribution < -0.4 is 5.84 Å². The van der Waals surface area contributed by atoms with Gasteiger partial charge < -0.3 is 15.8 Å². The fourth-order valence-corrected chi connectivity index (χ4v) is 2.66. The molecule has 1 aromatic rings. The number of nitrogens with two attached hydrogens (primary N) is 1. The van der Waals surface area contributed by atoms with Gasteiger partial charge >= 0.3 is 5.97 Å². The first-order valence-electron chi connectivity index (χ1n) is 5.86. The number of hydrogen-bond acceptors (Lipinski definition) is 6. The molecule has 104 valence electrons. The van der Waals surface area contributed by atoms with Gasteiger partial charge in [-0.3, -0.25) is 9.59 Å². The Balaban J connectivity index is 1.79. The van der Waals surface area contributed by atoms with Crippen molar-refractivity contribution in [2.24, 2.45) is 5.92 Å². The molecule has 2 heterocycles. The van der Waals surface area contributed by atoms with Crippen molar-refractivity contribution in [3.8, 4) is 0 Å². The van der Waals surface area contributed by atoms with Gasteiger partial charge in [-0.2, -0.15) is 0 Å². The molecule has 1 saturated heterocycles. The van der Waals surface area contributed by atoms with E-state index in [9.17, 15) is 9.59 Å². The molecule has 1 amide bonds. The molecule has 0 radical (unpaired) electrons. The van der Waals surface area contributed by atoms with E-state index < -0.39 is 5.97 Å². The predicted octanol–water partition coefficient (Wildman–Crippen LogP) is -0.593. The van der Waals surface area contributed by atoms with Crippen molar-refractivity contribution in [3.63, 3.8) is 0 Å². The second kappa shape index (κ2) is 5.91. The van der Waals surface area contributed by atoms with E-state index in [1.54, 1.807) is 4.90 Å². The molecule has 1 aliphatic rings. The standard InChI is InChI=1S/C10H15N5O3S/c11-15-6-12-13-10(15)19-5-8(16)14-3-1-7(2-4-14)9(17)18/h6-7H,1-5,11H2,(H,17,18). The summed E-state index contributed by atoms with van der Waals surface area (Å²) in [5, 5.41) is 16.8. The van der Waals surface area contributed by atoms with Crippen LogP contribution in [0.3, 0.4) is 0 Å². The Bertz CT molecular complexity index is 469. The lowest BCUT2D eigenvalue weighted by molar-refractivity contribution is -0.145. The Hall–Kier alpha value is -1.77. The van der Waals surface area contributed by atoms with Gasteiger partial charge in [0.15, 0.2) is 0 Å². The Morgan fingerprint density at radius 1 is 1.47 bits per heavy atom. The maximum atomic E-state index is 11.9. The van der Waals surface area contributed by atoms with Crippen LogP contribution in [0.15, 0.2) is 11.5 Å². The molecule has 1 aliphatic heterocycles. The highest BCUT2D eigenvalue weighted by molar-refractivity contribution is 7.99. The largest absolute Gasteiger partial charge is 0.481 e. The van der Waals surface area contributed by atoms with Crippen LogP contribution in [0, 0.1) is 5.92 Å². The van der Waals surface area contributed by atoms with E-state index in [-0.39, 0.29) is 17.6 Å². The van der Waals surface area contributed by atoms with E-state index >= 15 is 0 Å². The monoisotopic (exact) mass is 285 g/mol. The van der Waals surface area contributed by atoms with Gasteiger partial charge in [0.2, 0.25) is 11.1 Å². The summed E-state index contributed by atoms with van der Waals surface area (Å²) in [4.78, 5) is 24.4. The number of aliphatic carboxylic acids is 1. The molecule has 1 aromatic heterocycles. The molecule has 1 fully saturated rings. The number of carbonyl (C=O) groups excluding carboxylic acids is 1. The quantitative estimate of drug-likeness (QED) is 0.561. The van der Waals surface area contributed by atoms with Crippen LogP contribution in [-0.4, -0.2) is 55.6 Å². The third-order valence-corrected chi connectivity index (χ3v) is 4.00. The highest BCUT2D eigenvalue weighted by Gasteiger charge is 2.26. The van der Waals surface area contributed by atoms with Gasteiger partial charge in [0.25, 0.3) is 0 Å². The number of nitrogen functional groups attached to an aromatic ring is 1. The van der Waals surface area contributed by atoms with Gasteiger partial charge in [-0.15, -0.1) is 10.2 Å². The Kier molecular flexibility index (Phi) is 4.25. The minimum absolute atomic E-state index is 0.0307. The lowest BCUT2D eigenvalue weighted by Crippen LogP contribution is -2.41. The summed E-state index contributed by atoms with van der Waals surface area (Å²) in [6.45, 7) is 0.983. The van der Waals surface area contributed by atoms with Crippen molar-refractivity contribution < 1.29 is 14.7 Å². The van der Waals surface area contributed by atoms with Crippen LogP contribution >= 0.6 is 11.8 Å². The van der Waals surface area contributed by atoms with E-state index in [1.165, 1.54) is 22.8 Å². The van der Waals surface area contributed by atoms with Crippen LogP contribution in [0.25, 0.3) is 0 Å². The number of likely N-dealkylation sites (tertiary alicyclic amines) is 1. The molecule has 8 nitrogen and oxygen atoms in total. The maximum Gasteiger partial charge on any atom is 0.306 e. The zero-order chi connectivity index (χ0) is 13.8. The van der Waals surface area contributed by atoms with E-state index in [2.05, 4.69) is 10.2 Å². The van der Waals surface area contributed by atoms with Crippen LogP contribution in [0.2, 0.25) is 0 Å². The summed E-state index contributed by atoms with van der Waals surface area (Å²) in [7, 11) is 0. The van der Waals surface area contributed by atoms with Crippen LogP contribution in [0.1, 0.15) is 12.8 Å². The summed E-state index contributed by atoms with van der Waals surface area (Å²) in [6.07, 6.45) is 2.39. The van der Waals surface area contributed by atoms with Crippen molar-refractivity contribution in [2.75, 3.05) is 24.7 Å². The van der Waals surface area contributed by atoms with Crippen molar-refractivity contribution >= 4 is 23.6 Å². The maximum absolute atomic E-state index is 11.9. The van der Waals surface area contributed by atoms with Crippen molar-refractivity contribution in [3.05, 3.63) is 6.33 Å². The highest BCUT2D eigenvalue weighted by Crippen LogP contribution is 2.19. The average molecular weight is 285 g/mol. The molecule has 0 unspecified atom stereocenters. The Morgan fingerprint density at radius 2 is 2.16 bits per heavy atom. The molecule has 0 aliphatic carbocycles. The molecule has 19 heavy (non-hydrogen) atoms. The molecule has 0 aromatic carbocycles. The number of piperidine rings is 1. The SMILES string of the molecule is Nn1cnnc1SCC(=O)N1CCC(C(=O)O)CC1. The van der Waals surface area contributed by atoms with E-state index in [4.69, 9.17) is 10.9 Å². The van der Waals surface area contributed by atoms with Crippen LogP contribution in [-0.2, 0) is 9.59 Å². The molecule has 0 saturated carbocycles. The highest BCUT2D eigenvalue weighted by atomic mass is 32.2. The summed E-state index contributed by atoms with van der Waals surface area (Å²) >= 11 is 1.22. The lowest BCUT2D eigenvalue weighted by Gasteiger charge is -2.29. The number of nitrogens with zero attached hydrogens (tertiary/aromatic N) is 4. The zero-order valence-corrected chi connectivity index (χ0v) is 11.0. The van der Waals surface area contributed by atoms with Gasteiger partial charge in [0.05, 0.1) is 11.7 Å². The number of amides is 1. The Morgan fingerprint density at radius 3 is 2.68 bits per heavy atom. The van der Waals surface area contributed by atoms with Gasteiger partial charge in [-0.1, -0.05) is 11.8 Å². The first-order chi connectivity index (χ1) is 9.08. The van der Waals surface area contributed by atoms with Gasteiger partial charge in [0.1, 0.15) is 6.33 Å². The summed E-state index contributed by atoms with van der Waals surface area (Å²) in [5.74, 6) is 4.63. The fraction of sp³-hybridized carbons (Fsp3) is 0.600. The second-order valence-electron chi connectivity index (χ2n) is 4.30. The minimum Gasteiger partial charge on any atom is -0.481 e. The number of thioether (sulfide) groups is 1. The smallest absolute Gasteiger partial charge is 0.306 e. The number of rotatable bonds is 4. The van der Waals surface area contributed by atoms with Crippen LogP contribution in [0.5, 0.6) is 0 Å². The molecule has 2 rings (SSSR count). The molecule has 0 bridgehead atoms. The predicted molar refractivity (Wildman–Crippen MR) is 67.8 cm³/mol. The van der Waals surface area contributed by atoms with Gasteiger partial charge in [0, 0.05) is 13.1 Å². The topological polar surface area (TPSA) is 114 Å². The molecular weight excluding hydrogens is 270 g/mol. The first-order valence-corrected chi connectivity index (χ1v) is 6.85. The zero-order valence-electron chi connectivity index (χ0n) is 10.2. The summed E-state index contributed by atoms with van der Waals surface area (Å²) in [5.41, 5.74) is 0. The molecular formula is C10H15N5O3S. The number of carbonyl (C=O) groups is 2. The lowest BCUT2D eigenvalue weighted by atomic mass is 9.97. The average Bonchev–Trinajstić information content (AvgIpc) is 2.81. The van der Waals surface area contributed by atoms with Gasteiger partial charge in [-0.05, 0) is 12.8 Å². The summed E-state index contributed by atoms with van der Waals surface area (Å²) < 4.78 is 1.26. The van der Waals surface area contributed by atoms with Crippen molar-refractivity contribution in [1.29, 1.82) is 0 Å². The fourth-order valence-electron chi connectivity index (χ4n) is 1.93. The van der Waals surface area contributed by atoms with E-state index in [0.717, 1.165) is 0 Å². The third kappa shape index (κ3) is 3.37. The summed E-state index contributed by atoms with van der Waals surface area (Å²) in [6, 6.07) is 0. The molecule has 0 atom stereocenters. The minimum atomic E-state index is -0.780. The second-order valence-corrected chi connectivity index (χ2v) is 5.25. The van der Waals surface area contributed by atoms with Crippen LogP contribution in [0.4, 0.5) is 0 Å². The van der Waals surface area contributed by atoms with E-state index in [0.29, 0.717) is 31.1 Å². The number of carboxylic acids is 1. The van der Waals surface area contributed by atoms with Crippen molar-refractivity contribution in [1.82, 2.24) is 19.8 Å². The van der Waals surface area contributed by atoms with Crippen molar-refractivity contribution in [2.45, 2.75) is 18.0 Å². The molecule has 3 N–H and O–H groups in total.